The number of esters is 1. The molecule has 1 aromatic heterocycles. The Balaban J connectivity index is 1.52. The third-order valence-corrected chi connectivity index (χ3v) is 4.06. The van der Waals surface area contributed by atoms with Crippen LogP contribution in [0.25, 0.3) is 10.9 Å². The van der Waals surface area contributed by atoms with E-state index in [1.165, 1.54) is 12.6 Å². The molecule has 3 aromatic rings. The summed E-state index contributed by atoms with van der Waals surface area (Å²) in [6.45, 7) is 1.47. The minimum absolute atomic E-state index is 0.346. The lowest BCUT2D eigenvalue weighted by atomic mass is 10.2. The van der Waals surface area contributed by atoms with E-state index in [-0.39, 0.29) is 5.97 Å². The molecular weight excluding hydrogens is 326 g/mol. The van der Waals surface area contributed by atoms with Crippen molar-refractivity contribution in [1.29, 1.82) is 0 Å². The summed E-state index contributed by atoms with van der Waals surface area (Å²) in [4.78, 5) is 11.4. The molecule has 3 rings (SSSR count). The highest BCUT2D eigenvalue weighted by Gasteiger charge is 2.05. The summed E-state index contributed by atoms with van der Waals surface area (Å²) >= 11 is 6.00. The van der Waals surface area contributed by atoms with E-state index in [4.69, 9.17) is 16.3 Å². The highest BCUT2D eigenvalue weighted by Crippen LogP contribution is 2.21. The van der Waals surface area contributed by atoms with E-state index < -0.39 is 0 Å². The van der Waals surface area contributed by atoms with Crippen LogP contribution in [0.5, 0.6) is 5.75 Å². The molecule has 124 valence electrons. The van der Waals surface area contributed by atoms with Gasteiger partial charge in [0.25, 0.3) is 0 Å². The summed E-state index contributed by atoms with van der Waals surface area (Å²) in [7, 11) is 1.37. The van der Waals surface area contributed by atoms with Gasteiger partial charge < -0.3 is 14.0 Å². The average molecular weight is 344 g/mol. The SMILES string of the molecule is COC(=O)c1ccc(OCCCn2ccc3cc(Cl)ccc32)cc1. The van der Waals surface area contributed by atoms with Gasteiger partial charge in [0.05, 0.1) is 19.3 Å². The van der Waals surface area contributed by atoms with E-state index in [9.17, 15) is 4.79 Å². The first-order valence-electron chi connectivity index (χ1n) is 7.73. The van der Waals surface area contributed by atoms with Crippen molar-refractivity contribution in [3.8, 4) is 5.75 Å². The van der Waals surface area contributed by atoms with Crippen molar-refractivity contribution in [3.05, 3.63) is 65.3 Å². The second kappa shape index (κ2) is 7.41. The van der Waals surface area contributed by atoms with E-state index in [0.717, 1.165) is 29.1 Å². The zero-order valence-electron chi connectivity index (χ0n) is 13.4. The molecular formula is C19H18ClNO3. The van der Waals surface area contributed by atoms with Crippen LogP contribution in [0.3, 0.4) is 0 Å². The van der Waals surface area contributed by atoms with Crippen LogP contribution in [-0.2, 0) is 11.3 Å². The molecule has 0 aliphatic carbocycles. The summed E-state index contributed by atoms with van der Waals surface area (Å²) in [5.41, 5.74) is 1.68. The van der Waals surface area contributed by atoms with Crippen molar-refractivity contribution < 1.29 is 14.3 Å². The highest BCUT2D eigenvalue weighted by molar-refractivity contribution is 6.31. The van der Waals surface area contributed by atoms with Crippen molar-refractivity contribution in [1.82, 2.24) is 4.57 Å². The number of hydrogen-bond acceptors (Lipinski definition) is 3. The summed E-state index contributed by atoms with van der Waals surface area (Å²) < 4.78 is 12.6. The van der Waals surface area contributed by atoms with E-state index in [0.29, 0.717) is 12.2 Å². The normalized spacial score (nSPS) is 10.8. The molecule has 0 radical (unpaired) electrons. The van der Waals surface area contributed by atoms with Gasteiger partial charge in [0, 0.05) is 28.7 Å². The zero-order chi connectivity index (χ0) is 16.9. The van der Waals surface area contributed by atoms with Crippen LogP contribution in [0.1, 0.15) is 16.8 Å². The molecule has 1 heterocycles. The fraction of sp³-hybridized carbons (Fsp3) is 0.211. The third kappa shape index (κ3) is 3.71. The topological polar surface area (TPSA) is 40.5 Å². The molecule has 0 aliphatic rings. The number of carbonyl (C=O) groups is 1. The minimum atomic E-state index is -0.346. The van der Waals surface area contributed by atoms with Gasteiger partial charge in [0.15, 0.2) is 0 Å². The number of methoxy groups -OCH3 is 1. The molecule has 0 unspecified atom stereocenters. The Kier molecular flexibility index (Phi) is 5.06. The summed E-state index contributed by atoms with van der Waals surface area (Å²) in [6, 6.07) is 14.9. The Morgan fingerprint density at radius 3 is 2.67 bits per heavy atom. The number of hydrogen-bond donors (Lipinski definition) is 0. The van der Waals surface area contributed by atoms with Gasteiger partial charge in [-0.15, -0.1) is 0 Å². The Morgan fingerprint density at radius 1 is 1.12 bits per heavy atom. The van der Waals surface area contributed by atoms with Crippen LogP contribution in [0, 0.1) is 0 Å². The van der Waals surface area contributed by atoms with Gasteiger partial charge >= 0.3 is 5.97 Å². The molecule has 4 nitrogen and oxygen atoms in total. The van der Waals surface area contributed by atoms with E-state index in [2.05, 4.69) is 21.6 Å². The molecule has 2 aromatic carbocycles. The maximum atomic E-state index is 11.4. The van der Waals surface area contributed by atoms with Gasteiger partial charge in [-0.2, -0.15) is 0 Å². The Labute approximate surface area is 145 Å². The molecule has 0 saturated carbocycles. The maximum Gasteiger partial charge on any atom is 0.337 e. The van der Waals surface area contributed by atoms with E-state index >= 15 is 0 Å². The second-order valence-electron chi connectivity index (χ2n) is 5.43. The van der Waals surface area contributed by atoms with E-state index in [1.54, 1.807) is 24.3 Å². The Hall–Kier alpha value is -2.46. The van der Waals surface area contributed by atoms with Gasteiger partial charge in [-0.05, 0) is 55.0 Å². The maximum absolute atomic E-state index is 11.4. The van der Waals surface area contributed by atoms with Crippen molar-refractivity contribution >= 4 is 28.5 Å². The number of benzene rings is 2. The number of halogens is 1. The molecule has 0 N–H and O–H groups in total. The van der Waals surface area contributed by atoms with Crippen LogP contribution in [0.2, 0.25) is 5.02 Å². The third-order valence-electron chi connectivity index (χ3n) is 3.82. The predicted octanol–water partition coefficient (Wildman–Crippen LogP) is 4.55. The van der Waals surface area contributed by atoms with Gasteiger partial charge in [-0.3, -0.25) is 0 Å². The average Bonchev–Trinajstić information content (AvgIpc) is 3.00. The lowest BCUT2D eigenvalue weighted by Gasteiger charge is -2.08. The first-order valence-corrected chi connectivity index (χ1v) is 8.11. The fourth-order valence-corrected chi connectivity index (χ4v) is 2.78. The standard InChI is InChI=1S/C19H18ClNO3/c1-23-19(22)14-3-6-17(7-4-14)24-12-2-10-21-11-9-15-13-16(20)5-8-18(15)21/h3-9,11,13H,2,10,12H2,1H3. The Morgan fingerprint density at radius 2 is 1.92 bits per heavy atom. The number of aryl methyl sites for hydroxylation is 1. The smallest absolute Gasteiger partial charge is 0.337 e. The molecule has 0 bridgehead atoms. The largest absolute Gasteiger partial charge is 0.494 e. The van der Waals surface area contributed by atoms with Crippen LogP contribution in [0.15, 0.2) is 54.7 Å². The molecule has 0 spiro atoms. The first-order chi connectivity index (χ1) is 11.7. The monoisotopic (exact) mass is 343 g/mol. The quantitative estimate of drug-likeness (QED) is 0.487. The van der Waals surface area contributed by atoms with Crippen molar-refractivity contribution in [2.24, 2.45) is 0 Å². The highest BCUT2D eigenvalue weighted by atomic mass is 35.5. The van der Waals surface area contributed by atoms with Crippen LogP contribution in [-0.4, -0.2) is 24.3 Å². The van der Waals surface area contributed by atoms with Crippen molar-refractivity contribution in [2.45, 2.75) is 13.0 Å². The summed E-state index contributed by atoms with van der Waals surface area (Å²) in [5.74, 6) is 0.396. The Bertz CT molecular complexity index is 839. The number of nitrogens with zero attached hydrogens (tertiary/aromatic N) is 1. The first kappa shape index (κ1) is 16.4. The van der Waals surface area contributed by atoms with Crippen LogP contribution in [0.4, 0.5) is 0 Å². The van der Waals surface area contributed by atoms with Gasteiger partial charge in [-0.25, -0.2) is 4.79 Å². The molecule has 24 heavy (non-hydrogen) atoms. The van der Waals surface area contributed by atoms with Crippen molar-refractivity contribution in [2.75, 3.05) is 13.7 Å². The molecule has 0 atom stereocenters. The van der Waals surface area contributed by atoms with Gasteiger partial charge in [-0.1, -0.05) is 11.6 Å². The lowest BCUT2D eigenvalue weighted by Crippen LogP contribution is -2.04. The number of rotatable bonds is 6. The number of aromatic nitrogens is 1. The number of fused-ring (bicyclic) bond motifs is 1. The number of ether oxygens (including phenoxy) is 2. The van der Waals surface area contributed by atoms with Crippen LogP contribution < -0.4 is 4.74 Å². The van der Waals surface area contributed by atoms with Crippen LogP contribution >= 0.6 is 11.6 Å². The molecule has 0 amide bonds. The zero-order valence-corrected chi connectivity index (χ0v) is 14.1. The lowest BCUT2D eigenvalue weighted by molar-refractivity contribution is 0.0600. The van der Waals surface area contributed by atoms with Gasteiger partial charge in [0.1, 0.15) is 5.75 Å². The predicted molar refractivity (Wildman–Crippen MR) is 94.8 cm³/mol. The minimum Gasteiger partial charge on any atom is -0.494 e. The molecule has 0 saturated heterocycles. The van der Waals surface area contributed by atoms with Crippen molar-refractivity contribution in [3.63, 3.8) is 0 Å². The van der Waals surface area contributed by atoms with Gasteiger partial charge in [0.2, 0.25) is 0 Å². The second-order valence-corrected chi connectivity index (χ2v) is 5.87. The number of carbonyl (C=O) groups excluding carboxylic acids is 1. The fourth-order valence-electron chi connectivity index (χ4n) is 2.60. The molecule has 0 aliphatic heterocycles. The summed E-state index contributed by atoms with van der Waals surface area (Å²) in [5, 5.41) is 1.89. The molecule has 5 heteroatoms. The molecule has 0 fully saturated rings. The van der Waals surface area contributed by atoms with E-state index in [1.807, 2.05) is 18.2 Å². The summed E-state index contributed by atoms with van der Waals surface area (Å²) in [6.07, 6.45) is 2.94.